The summed E-state index contributed by atoms with van der Waals surface area (Å²) < 4.78 is 22.1. The highest BCUT2D eigenvalue weighted by Gasteiger charge is 2.25. The molecule has 3 N–H and O–H groups in total. The molecule has 0 fully saturated rings. The monoisotopic (exact) mass is 232 g/mol. The largest absolute Gasteiger partial charge is 0.347 e. The van der Waals surface area contributed by atoms with E-state index in [-0.39, 0.29) is 17.6 Å². The summed E-state index contributed by atoms with van der Waals surface area (Å²) in [4.78, 5) is 11.5. The van der Waals surface area contributed by atoms with Crippen LogP contribution in [0.4, 0.5) is 0 Å². The maximum atomic E-state index is 11.5. The molecule has 0 saturated carbocycles. The van der Waals surface area contributed by atoms with Crippen LogP contribution in [0, 0.1) is 5.92 Å². The van der Waals surface area contributed by atoms with Gasteiger partial charge in [-0.1, -0.05) is 13.8 Å². The molecule has 15 heavy (non-hydrogen) atoms. The third kappa shape index (κ3) is 3.32. The minimum absolute atomic E-state index is 0.0342. The van der Waals surface area contributed by atoms with Crippen LogP contribution in [0.5, 0.6) is 0 Å². The van der Waals surface area contributed by atoms with Crippen molar-refractivity contribution < 1.29 is 13.2 Å². The molecule has 0 aromatic carbocycles. The van der Waals surface area contributed by atoms with Gasteiger partial charge in [0.25, 0.3) is 0 Å². The minimum atomic E-state index is -3.12. The smallest absolute Gasteiger partial charge is 0.237 e. The van der Waals surface area contributed by atoms with Gasteiger partial charge in [0.15, 0.2) is 9.84 Å². The fraction of sp³-hybridized carbons (Fsp3) is 0.667. The fourth-order valence-electron chi connectivity index (χ4n) is 1.25. The van der Waals surface area contributed by atoms with E-state index in [0.29, 0.717) is 0 Å². The standard InChI is InChI=1S/C9H16N2O3S/c1-6(2)8(10)9(12)11-7-3-4-15(13,14)5-7/h3-4,6-8H,5,10H2,1-2H3,(H,11,12)/t7?,8-/m1/s1. The molecule has 1 unspecified atom stereocenters. The summed E-state index contributed by atoms with van der Waals surface area (Å²) in [6.07, 6.45) is 1.47. The van der Waals surface area contributed by atoms with E-state index in [1.165, 1.54) is 6.08 Å². The van der Waals surface area contributed by atoms with Gasteiger partial charge in [-0.3, -0.25) is 4.79 Å². The SMILES string of the molecule is CC(C)[C@@H](N)C(=O)NC1C=CS(=O)(=O)C1. The van der Waals surface area contributed by atoms with Crippen molar-refractivity contribution in [3.05, 3.63) is 11.5 Å². The number of carbonyl (C=O) groups is 1. The number of nitrogens with one attached hydrogen (secondary N) is 1. The van der Waals surface area contributed by atoms with Crippen molar-refractivity contribution in [3.63, 3.8) is 0 Å². The lowest BCUT2D eigenvalue weighted by Crippen LogP contribution is -2.48. The summed E-state index contributed by atoms with van der Waals surface area (Å²) >= 11 is 0. The molecule has 1 heterocycles. The lowest BCUT2D eigenvalue weighted by molar-refractivity contribution is -0.123. The van der Waals surface area contributed by atoms with Gasteiger partial charge in [0.05, 0.1) is 17.8 Å². The van der Waals surface area contributed by atoms with Crippen LogP contribution in [0.2, 0.25) is 0 Å². The van der Waals surface area contributed by atoms with Gasteiger partial charge in [-0.15, -0.1) is 0 Å². The summed E-state index contributed by atoms with van der Waals surface area (Å²) in [6.45, 7) is 3.68. The maximum absolute atomic E-state index is 11.5. The Morgan fingerprint density at radius 2 is 2.13 bits per heavy atom. The first-order valence-corrected chi connectivity index (χ1v) is 6.50. The molecule has 0 aliphatic carbocycles. The van der Waals surface area contributed by atoms with Crippen LogP contribution in [-0.2, 0) is 14.6 Å². The highest BCUT2D eigenvalue weighted by Crippen LogP contribution is 2.08. The molecule has 1 rings (SSSR count). The van der Waals surface area contributed by atoms with Gasteiger partial charge in [0.2, 0.25) is 5.91 Å². The van der Waals surface area contributed by atoms with Crippen molar-refractivity contribution in [3.8, 4) is 0 Å². The first kappa shape index (κ1) is 12.2. The number of carbonyl (C=O) groups excluding carboxylic acids is 1. The normalized spacial score (nSPS) is 25.5. The fourth-order valence-corrected chi connectivity index (χ4v) is 2.48. The second-order valence-corrected chi connectivity index (χ2v) is 5.97. The Bertz CT molecular complexity index is 373. The summed E-state index contributed by atoms with van der Waals surface area (Å²) in [6, 6.07) is -1.03. The van der Waals surface area contributed by atoms with Crippen molar-refractivity contribution in [2.24, 2.45) is 11.7 Å². The average Bonchev–Trinajstić information content (AvgIpc) is 2.43. The van der Waals surface area contributed by atoms with Crippen molar-refractivity contribution in [2.75, 3.05) is 5.75 Å². The topological polar surface area (TPSA) is 89.3 Å². The lowest BCUT2D eigenvalue weighted by atomic mass is 10.0. The first-order valence-electron chi connectivity index (χ1n) is 4.79. The van der Waals surface area contributed by atoms with Crippen LogP contribution in [0.3, 0.4) is 0 Å². The Labute approximate surface area is 89.6 Å². The molecule has 0 radical (unpaired) electrons. The molecular weight excluding hydrogens is 216 g/mol. The number of rotatable bonds is 3. The van der Waals surface area contributed by atoms with E-state index in [9.17, 15) is 13.2 Å². The van der Waals surface area contributed by atoms with E-state index < -0.39 is 21.9 Å². The molecule has 1 amide bonds. The predicted octanol–water partition coefficient (Wildman–Crippen LogP) is -0.603. The molecule has 6 heteroatoms. The second kappa shape index (κ2) is 4.32. The van der Waals surface area contributed by atoms with E-state index in [1.54, 1.807) is 0 Å². The van der Waals surface area contributed by atoms with Crippen LogP contribution in [0.25, 0.3) is 0 Å². The van der Waals surface area contributed by atoms with Crippen LogP contribution in [-0.4, -0.2) is 32.2 Å². The van der Waals surface area contributed by atoms with Gasteiger partial charge in [-0.25, -0.2) is 8.42 Å². The van der Waals surface area contributed by atoms with Crippen molar-refractivity contribution in [1.82, 2.24) is 5.32 Å². The molecule has 5 nitrogen and oxygen atoms in total. The Balaban J connectivity index is 2.52. The van der Waals surface area contributed by atoms with Gasteiger partial charge in [0.1, 0.15) is 0 Å². The summed E-state index contributed by atoms with van der Waals surface area (Å²) in [7, 11) is -3.12. The molecule has 0 aromatic heterocycles. The number of amides is 1. The number of sulfone groups is 1. The second-order valence-electron chi connectivity index (χ2n) is 4.04. The highest BCUT2D eigenvalue weighted by atomic mass is 32.2. The Morgan fingerprint density at radius 1 is 1.53 bits per heavy atom. The van der Waals surface area contributed by atoms with E-state index >= 15 is 0 Å². The predicted molar refractivity (Wildman–Crippen MR) is 57.7 cm³/mol. The van der Waals surface area contributed by atoms with Crippen molar-refractivity contribution >= 4 is 15.7 Å². The van der Waals surface area contributed by atoms with Crippen LogP contribution >= 0.6 is 0 Å². The molecule has 86 valence electrons. The molecule has 0 saturated heterocycles. The van der Waals surface area contributed by atoms with Gasteiger partial charge >= 0.3 is 0 Å². The zero-order valence-electron chi connectivity index (χ0n) is 8.80. The van der Waals surface area contributed by atoms with E-state index in [2.05, 4.69) is 5.32 Å². The summed E-state index contributed by atoms with van der Waals surface area (Å²) in [5.41, 5.74) is 5.62. The Morgan fingerprint density at radius 3 is 2.53 bits per heavy atom. The van der Waals surface area contributed by atoms with Crippen molar-refractivity contribution in [1.29, 1.82) is 0 Å². The molecule has 1 aliphatic heterocycles. The quantitative estimate of drug-likeness (QED) is 0.679. The third-order valence-electron chi connectivity index (χ3n) is 2.28. The average molecular weight is 232 g/mol. The van der Waals surface area contributed by atoms with Gasteiger partial charge in [-0.05, 0) is 12.0 Å². The van der Waals surface area contributed by atoms with Gasteiger partial charge in [0, 0.05) is 5.41 Å². The minimum Gasteiger partial charge on any atom is -0.347 e. The molecular formula is C9H16N2O3S. The van der Waals surface area contributed by atoms with E-state index in [4.69, 9.17) is 5.73 Å². The summed E-state index contributed by atoms with van der Waals surface area (Å²) in [5, 5.41) is 3.71. The number of nitrogens with two attached hydrogens (primary N) is 1. The van der Waals surface area contributed by atoms with Crippen molar-refractivity contribution in [2.45, 2.75) is 25.9 Å². The van der Waals surface area contributed by atoms with Crippen LogP contribution in [0.1, 0.15) is 13.8 Å². The number of hydrogen-bond donors (Lipinski definition) is 2. The van der Waals surface area contributed by atoms with Gasteiger partial charge < -0.3 is 11.1 Å². The zero-order chi connectivity index (χ0) is 11.6. The Hall–Kier alpha value is -0.880. The first-order chi connectivity index (χ1) is 6.82. The molecule has 0 spiro atoms. The summed E-state index contributed by atoms with van der Waals surface area (Å²) in [5.74, 6) is -0.340. The molecule has 0 bridgehead atoms. The van der Waals surface area contributed by atoms with Gasteiger partial charge in [-0.2, -0.15) is 0 Å². The number of hydrogen-bond acceptors (Lipinski definition) is 4. The zero-order valence-corrected chi connectivity index (χ0v) is 9.62. The maximum Gasteiger partial charge on any atom is 0.237 e. The lowest BCUT2D eigenvalue weighted by Gasteiger charge is -2.17. The molecule has 0 aromatic rings. The molecule has 1 aliphatic rings. The highest BCUT2D eigenvalue weighted by molar-refractivity contribution is 7.94. The van der Waals surface area contributed by atoms with Crippen LogP contribution < -0.4 is 11.1 Å². The van der Waals surface area contributed by atoms with E-state index in [1.807, 2.05) is 13.8 Å². The molecule has 2 atom stereocenters. The van der Waals surface area contributed by atoms with E-state index in [0.717, 1.165) is 5.41 Å². The van der Waals surface area contributed by atoms with Crippen LogP contribution in [0.15, 0.2) is 11.5 Å². The third-order valence-corrected chi connectivity index (χ3v) is 3.67. The Kier molecular flexibility index (Phi) is 3.51.